The van der Waals surface area contributed by atoms with E-state index in [0.29, 0.717) is 5.02 Å². The predicted molar refractivity (Wildman–Crippen MR) is 89.8 cm³/mol. The van der Waals surface area contributed by atoms with Crippen LogP contribution in [0.2, 0.25) is 5.02 Å². The van der Waals surface area contributed by atoms with E-state index in [1.807, 2.05) is 36.4 Å². The summed E-state index contributed by atoms with van der Waals surface area (Å²) in [5.41, 5.74) is 1.88. The van der Waals surface area contributed by atoms with Crippen LogP contribution in [0, 0.1) is 0 Å². The fourth-order valence-corrected chi connectivity index (χ4v) is 3.39. The minimum Gasteiger partial charge on any atom is -0.331 e. The molecule has 0 fully saturated rings. The van der Waals surface area contributed by atoms with Gasteiger partial charge in [-0.1, -0.05) is 38.9 Å². The molecule has 1 N–H and O–H groups in total. The van der Waals surface area contributed by atoms with E-state index in [-0.39, 0.29) is 0 Å². The van der Waals surface area contributed by atoms with Gasteiger partial charge in [-0.15, -0.1) is 0 Å². The lowest BCUT2D eigenvalue weighted by Crippen LogP contribution is -1.90. The van der Waals surface area contributed by atoms with E-state index >= 15 is 0 Å². The Bertz CT molecular complexity index is 757. The molecule has 0 spiro atoms. The summed E-state index contributed by atoms with van der Waals surface area (Å²) in [6.07, 6.45) is 0. The van der Waals surface area contributed by atoms with Gasteiger partial charge in [0.05, 0.1) is 15.9 Å². The van der Waals surface area contributed by atoms with E-state index in [1.54, 1.807) is 11.3 Å². The van der Waals surface area contributed by atoms with Crippen LogP contribution in [0.4, 0.5) is 10.8 Å². The van der Waals surface area contributed by atoms with Gasteiger partial charge in [0.2, 0.25) is 0 Å². The van der Waals surface area contributed by atoms with Crippen molar-refractivity contribution in [2.45, 2.75) is 0 Å². The third kappa shape index (κ3) is 2.94. The number of rotatable bonds is 2. The topological polar surface area (TPSA) is 24.9 Å². The summed E-state index contributed by atoms with van der Waals surface area (Å²) >= 11 is 14.5. The highest BCUT2D eigenvalue weighted by molar-refractivity contribution is 9.11. The van der Waals surface area contributed by atoms with Crippen LogP contribution in [0.3, 0.4) is 0 Å². The molecule has 0 amide bonds. The van der Waals surface area contributed by atoms with E-state index in [9.17, 15) is 0 Å². The molecular formula is C13H7Br2ClN2S. The Kier molecular flexibility index (Phi) is 3.80. The van der Waals surface area contributed by atoms with Crippen LogP contribution < -0.4 is 5.32 Å². The van der Waals surface area contributed by atoms with Crippen molar-refractivity contribution in [1.82, 2.24) is 4.98 Å². The summed E-state index contributed by atoms with van der Waals surface area (Å²) in [5.74, 6) is 0. The molecule has 3 rings (SSSR count). The highest BCUT2D eigenvalue weighted by atomic mass is 79.9. The minimum absolute atomic E-state index is 0.702. The third-order valence-corrected chi connectivity index (χ3v) is 4.89. The molecule has 1 aromatic heterocycles. The zero-order valence-corrected chi connectivity index (χ0v) is 14.2. The lowest BCUT2D eigenvalue weighted by molar-refractivity contribution is 1.43. The maximum atomic E-state index is 5.96. The number of nitrogens with one attached hydrogen (secondary N) is 1. The fraction of sp³-hybridized carbons (Fsp3) is 0. The van der Waals surface area contributed by atoms with Gasteiger partial charge in [-0.3, -0.25) is 0 Å². The normalized spacial score (nSPS) is 10.9. The SMILES string of the molecule is Clc1ccc2sc(Nc3cc(Br)ccc3Br)nc2c1. The Hall–Kier alpha value is -0.620. The molecule has 0 radical (unpaired) electrons. The highest BCUT2D eigenvalue weighted by Gasteiger charge is 2.07. The first-order chi connectivity index (χ1) is 9.11. The Labute approximate surface area is 136 Å². The average molecular weight is 419 g/mol. The molecule has 0 saturated carbocycles. The number of fused-ring (bicyclic) bond motifs is 1. The van der Waals surface area contributed by atoms with Gasteiger partial charge in [0.1, 0.15) is 0 Å². The largest absolute Gasteiger partial charge is 0.331 e. The van der Waals surface area contributed by atoms with Crippen LogP contribution >= 0.6 is 54.8 Å². The molecule has 1 heterocycles. The van der Waals surface area contributed by atoms with Gasteiger partial charge < -0.3 is 5.32 Å². The van der Waals surface area contributed by atoms with Gasteiger partial charge >= 0.3 is 0 Å². The summed E-state index contributed by atoms with van der Waals surface area (Å²) in [6, 6.07) is 11.7. The number of benzene rings is 2. The van der Waals surface area contributed by atoms with Crippen LogP contribution in [0.15, 0.2) is 45.3 Å². The monoisotopic (exact) mass is 416 g/mol. The first-order valence-electron chi connectivity index (χ1n) is 5.40. The van der Waals surface area contributed by atoms with Gasteiger partial charge in [0.15, 0.2) is 5.13 Å². The maximum absolute atomic E-state index is 5.96. The summed E-state index contributed by atoms with van der Waals surface area (Å²) < 4.78 is 3.12. The van der Waals surface area contributed by atoms with E-state index in [2.05, 4.69) is 42.2 Å². The van der Waals surface area contributed by atoms with Crippen molar-refractivity contribution in [3.8, 4) is 0 Å². The number of hydrogen-bond acceptors (Lipinski definition) is 3. The van der Waals surface area contributed by atoms with Gasteiger partial charge in [0, 0.05) is 14.0 Å². The predicted octanol–water partition coefficient (Wildman–Crippen LogP) is 6.22. The first-order valence-corrected chi connectivity index (χ1v) is 8.18. The summed E-state index contributed by atoms with van der Waals surface area (Å²) in [7, 11) is 0. The number of halogens is 3. The molecule has 2 nitrogen and oxygen atoms in total. The second-order valence-corrected chi connectivity index (χ2v) is 7.12. The highest BCUT2D eigenvalue weighted by Crippen LogP contribution is 2.33. The molecule has 0 aliphatic heterocycles. The standard InChI is InChI=1S/C13H7Br2ClN2S/c14-7-1-3-9(15)10(5-7)17-13-18-11-6-8(16)2-4-12(11)19-13/h1-6H,(H,17,18). The number of thiazole rings is 1. The van der Waals surface area contributed by atoms with E-state index in [0.717, 1.165) is 30.0 Å². The molecule has 3 aromatic rings. The van der Waals surface area contributed by atoms with Crippen LogP contribution in [0.25, 0.3) is 10.2 Å². The van der Waals surface area contributed by atoms with Crippen LogP contribution in [0.5, 0.6) is 0 Å². The Morgan fingerprint density at radius 1 is 1.11 bits per heavy atom. The van der Waals surface area contributed by atoms with Gasteiger partial charge in [-0.05, 0) is 52.3 Å². The molecule has 19 heavy (non-hydrogen) atoms. The number of aromatic nitrogens is 1. The molecule has 0 unspecified atom stereocenters. The number of anilines is 2. The molecule has 6 heteroatoms. The Morgan fingerprint density at radius 2 is 1.95 bits per heavy atom. The second-order valence-electron chi connectivity index (χ2n) is 3.88. The molecule has 96 valence electrons. The molecule has 2 aromatic carbocycles. The lowest BCUT2D eigenvalue weighted by atomic mass is 10.3. The van der Waals surface area contributed by atoms with E-state index in [1.165, 1.54) is 0 Å². The van der Waals surface area contributed by atoms with Crippen molar-refractivity contribution in [3.63, 3.8) is 0 Å². The zero-order chi connectivity index (χ0) is 13.4. The fourth-order valence-electron chi connectivity index (χ4n) is 1.66. The van der Waals surface area contributed by atoms with E-state index in [4.69, 9.17) is 11.6 Å². The van der Waals surface area contributed by atoms with Gasteiger partial charge in [-0.2, -0.15) is 0 Å². The van der Waals surface area contributed by atoms with Gasteiger partial charge in [0.25, 0.3) is 0 Å². The number of nitrogens with zero attached hydrogens (tertiary/aromatic N) is 1. The average Bonchev–Trinajstić information content (AvgIpc) is 2.75. The lowest BCUT2D eigenvalue weighted by Gasteiger charge is -2.05. The van der Waals surface area contributed by atoms with E-state index < -0.39 is 0 Å². The molecule has 0 bridgehead atoms. The Morgan fingerprint density at radius 3 is 2.79 bits per heavy atom. The zero-order valence-electron chi connectivity index (χ0n) is 9.45. The first kappa shape index (κ1) is 13.4. The Balaban J connectivity index is 1.98. The third-order valence-electron chi connectivity index (χ3n) is 2.52. The molecule has 0 saturated heterocycles. The molecule has 0 aliphatic carbocycles. The van der Waals surface area contributed by atoms with Crippen molar-refractivity contribution < 1.29 is 0 Å². The van der Waals surface area contributed by atoms with Crippen LogP contribution in [-0.2, 0) is 0 Å². The van der Waals surface area contributed by atoms with Crippen molar-refractivity contribution in [1.29, 1.82) is 0 Å². The van der Waals surface area contributed by atoms with Crippen molar-refractivity contribution in [2.24, 2.45) is 0 Å². The van der Waals surface area contributed by atoms with Crippen molar-refractivity contribution in [3.05, 3.63) is 50.4 Å². The quantitative estimate of drug-likeness (QED) is 0.534. The molecule has 0 atom stereocenters. The smallest absolute Gasteiger partial charge is 0.188 e. The van der Waals surface area contributed by atoms with Crippen molar-refractivity contribution >= 4 is 75.8 Å². The summed E-state index contributed by atoms with van der Waals surface area (Å²) in [4.78, 5) is 4.53. The molecular weight excluding hydrogens is 411 g/mol. The second kappa shape index (κ2) is 5.40. The van der Waals surface area contributed by atoms with Crippen LogP contribution in [0.1, 0.15) is 0 Å². The minimum atomic E-state index is 0.702. The number of hydrogen-bond donors (Lipinski definition) is 1. The maximum Gasteiger partial charge on any atom is 0.188 e. The summed E-state index contributed by atoms with van der Waals surface area (Å²) in [6.45, 7) is 0. The van der Waals surface area contributed by atoms with Gasteiger partial charge in [-0.25, -0.2) is 4.98 Å². The van der Waals surface area contributed by atoms with Crippen molar-refractivity contribution in [2.75, 3.05) is 5.32 Å². The van der Waals surface area contributed by atoms with Crippen LogP contribution in [-0.4, -0.2) is 4.98 Å². The summed E-state index contributed by atoms with van der Waals surface area (Å²) in [5, 5.41) is 4.85. The molecule has 0 aliphatic rings.